The lowest BCUT2D eigenvalue weighted by Crippen LogP contribution is -1.93. The van der Waals surface area contributed by atoms with Crippen molar-refractivity contribution < 1.29 is 13.5 Å². The van der Waals surface area contributed by atoms with Gasteiger partial charge in [0.25, 0.3) is 0 Å². The molecule has 0 bridgehead atoms. The summed E-state index contributed by atoms with van der Waals surface area (Å²) < 4.78 is 30.9. The van der Waals surface area contributed by atoms with E-state index in [2.05, 4.69) is 10.0 Å². The molecule has 0 aromatic heterocycles. The quantitative estimate of drug-likeness (QED) is 0.440. The van der Waals surface area contributed by atoms with Gasteiger partial charge in [-0.3, -0.25) is 0 Å². The van der Waals surface area contributed by atoms with E-state index in [9.17, 15) is 8.78 Å². The lowest BCUT2D eigenvalue weighted by atomic mass is 10.1. The molecule has 0 fully saturated rings. The zero-order chi connectivity index (χ0) is 12.0. The van der Waals surface area contributed by atoms with Crippen LogP contribution in [0.25, 0.3) is 16.5 Å². The summed E-state index contributed by atoms with van der Waals surface area (Å²) in [4.78, 5) is 2.54. The van der Waals surface area contributed by atoms with Crippen molar-refractivity contribution >= 4 is 6.08 Å². The third kappa shape index (κ3) is 2.96. The van der Waals surface area contributed by atoms with Crippen molar-refractivity contribution in [3.63, 3.8) is 0 Å². The van der Waals surface area contributed by atoms with Gasteiger partial charge in [0.15, 0.2) is 11.6 Å². The molecule has 0 saturated heterocycles. The monoisotopic (exact) mass is 225 g/mol. The van der Waals surface area contributed by atoms with Crippen molar-refractivity contribution in [2.24, 2.45) is 5.11 Å². The second-order valence-corrected chi connectivity index (χ2v) is 2.83. The fraction of sp³-hybridized carbons (Fsp3) is 0.200. The van der Waals surface area contributed by atoms with Gasteiger partial charge in [-0.2, -0.15) is 0 Å². The summed E-state index contributed by atoms with van der Waals surface area (Å²) in [6, 6.07) is 1.87. The molecule has 1 aromatic carbocycles. The largest absolute Gasteiger partial charge is 0.493 e. The number of rotatable bonds is 4. The van der Waals surface area contributed by atoms with Crippen LogP contribution in [0.1, 0.15) is 5.56 Å². The van der Waals surface area contributed by atoms with Crippen LogP contribution >= 0.6 is 0 Å². The first-order valence-corrected chi connectivity index (χ1v) is 4.39. The predicted molar refractivity (Wildman–Crippen MR) is 56.0 cm³/mol. The first-order chi connectivity index (χ1) is 7.69. The van der Waals surface area contributed by atoms with Gasteiger partial charge in [-0.25, -0.2) is 8.78 Å². The molecule has 0 unspecified atom stereocenters. The Morgan fingerprint density at radius 1 is 1.50 bits per heavy atom. The predicted octanol–water partition coefficient (Wildman–Crippen LogP) is 3.30. The molecule has 0 saturated carbocycles. The van der Waals surface area contributed by atoms with Crippen LogP contribution in [0.2, 0.25) is 0 Å². The highest BCUT2D eigenvalue weighted by Crippen LogP contribution is 2.25. The van der Waals surface area contributed by atoms with E-state index >= 15 is 0 Å². The number of methoxy groups -OCH3 is 1. The van der Waals surface area contributed by atoms with Gasteiger partial charge in [-0.05, 0) is 11.6 Å². The number of benzene rings is 1. The van der Waals surface area contributed by atoms with Crippen LogP contribution in [0.5, 0.6) is 5.75 Å². The molecule has 0 amide bonds. The molecule has 0 atom stereocenters. The van der Waals surface area contributed by atoms with Crippen molar-refractivity contribution in [2.75, 3.05) is 13.7 Å². The van der Waals surface area contributed by atoms with Crippen molar-refractivity contribution in [1.82, 2.24) is 0 Å². The second-order valence-electron chi connectivity index (χ2n) is 2.83. The van der Waals surface area contributed by atoms with Gasteiger partial charge in [0.05, 0.1) is 7.11 Å². The summed E-state index contributed by atoms with van der Waals surface area (Å²) in [5.74, 6) is -1.51. The number of hydrogen-bond donors (Lipinski definition) is 0. The Morgan fingerprint density at radius 3 is 2.88 bits per heavy atom. The zero-order valence-corrected chi connectivity index (χ0v) is 8.52. The third-order valence-electron chi connectivity index (χ3n) is 1.79. The van der Waals surface area contributed by atoms with Gasteiger partial charge in [0, 0.05) is 23.1 Å². The smallest absolute Gasteiger partial charge is 0.168 e. The molecule has 6 heteroatoms. The Balaban J connectivity index is 3.01. The maximum absolute atomic E-state index is 13.2. The number of nitrogens with zero attached hydrogens (tertiary/aromatic N) is 3. The van der Waals surface area contributed by atoms with Gasteiger partial charge >= 0.3 is 0 Å². The summed E-state index contributed by atoms with van der Waals surface area (Å²) >= 11 is 0. The Bertz CT molecular complexity index is 454. The summed E-state index contributed by atoms with van der Waals surface area (Å²) in [5.41, 5.74) is 8.29. The Kier molecular flexibility index (Phi) is 4.29. The molecule has 0 radical (unpaired) electrons. The van der Waals surface area contributed by atoms with Crippen LogP contribution in [-0.4, -0.2) is 13.7 Å². The van der Waals surface area contributed by atoms with Crippen molar-refractivity contribution in [2.45, 2.75) is 0 Å². The van der Waals surface area contributed by atoms with E-state index in [0.717, 1.165) is 12.1 Å². The zero-order valence-electron chi connectivity index (χ0n) is 8.52. The molecule has 16 heavy (non-hydrogen) atoms. The van der Waals surface area contributed by atoms with Crippen LogP contribution in [0.4, 0.5) is 8.78 Å². The molecular formula is C10H9F2N3O. The van der Waals surface area contributed by atoms with Crippen LogP contribution in [0.3, 0.4) is 0 Å². The van der Waals surface area contributed by atoms with Crippen molar-refractivity contribution in [3.8, 4) is 5.75 Å². The average Bonchev–Trinajstić information content (AvgIpc) is 2.24. The van der Waals surface area contributed by atoms with Gasteiger partial charge in [-0.15, -0.1) is 0 Å². The normalized spacial score (nSPS) is 10.2. The first kappa shape index (κ1) is 12.0. The van der Waals surface area contributed by atoms with E-state index in [1.165, 1.54) is 19.3 Å². The van der Waals surface area contributed by atoms with Crippen LogP contribution in [0.15, 0.2) is 23.3 Å². The van der Waals surface area contributed by atoms with E-state index in [1.807, 2.05) is 0 Å². The molecule has 0 aliphatic heterocycles. The van der Waals surface area contributed by atoms with E-state index in [1.54, 1.807) is 0 Å². The Morgan fingerprint density at radius 2 is 2.25 bits per heavy atom. The molecule has 84 valence electrons. The highest BCUT2D eigenvalue weighted by molar-refractivity contribution is 5.58. The number of halogens is 2. The summed E-state index contributed by atoms with van der Waals surface area (Å²) in [6.07, 6.45) is 2.91. The maximum atomic E-state index is 13.2. The van der Waals surface area contributed by atoms with Crippen LogP contribution < -0.4 is 4.74 Å². The molecule has 0 aliphatic rings. The summed E-state index contributed by atoms with van der Waals surface area (Å²) in [7, 11) is 1.29. The third-order valence-corrected chi connectivity index (χ3v) is 1.79. The van der Waals surface area contributed by atoms with Gasteiger partial charge in [0.2, 0.25) is 0 Å². The standard InChI is InChI=1S/C10H9F2N3O/c1-16-10-7(3-2-4-14-15-13)5-8(11)6-9(10)12/h2-3,5-6H,4H2,1H3. The minimum atomic E-state index is -0.772. The first-order valence-electron chi connectivity index (χ1n) is 4.39. The number of ether oxygens (including phenoxy) is 1. The van der Waals surface area contributed by atoms with E-state index < -0.39 is 11.6 Å². The topological polar surface area (TPSA) is 58.0 Å². The fourth-order valence-electron chi connectivity index (χ4n) is 1.18. The molecule has 0 heterocycles. The number of azide groups is 1. The summed E-state index contributed by atoms with van der Waals surface area (Å²) in [6.45, 7) is 0.109. The molecule has 0 aliphatic carbocycles. The minimum absolute atomic E-state index is 0.0430. The Labute approximate surface area is 90.8 Å². The maximum Gasteiger partial charge on any atom is 0.168 e. The Hall–Kier alpha value is -2.07. The van der Waals surface area contributed by atoms with E-state index in [-0.39, 0.29) is 17.9 Å². The van der Waals surface area contributed by atoms with Crippen LogP contribution in [-0.2, 0) is 0 Å². The lowest BCUT2D eigenvalue weighted by molar-refractivity contribution is 0.383. The molecule has 4 nitrogen and oxygen atoms in total. The van der Waals surface area contributed by atoms with E-state index in [0.29, 0.717) is 0 Å². The highest BCUT2D eigenvalue weighted by Gasteiger charge is 2.09. The van der Waals surface area contributed by atoms with Crippen molar-refractivity contribution in [3.05, 3.63) is 45.8 Å². The highest BCUT2D eigenvalue weighted by atomic mass is 19.1. The molecule has 1 aromatic rings. The van der Waals surface area contributed by atoms with Gasteiger partial charge < -0.3 is 4.74 Å². The summed E-state index contributed by atoms with van der Waals surface area (Å²) in [5, 5.41) is 3.25. The van der Waals surface area contributed by atoms with E-state index in [4.69, 9.17) is 10.3 Å². The molecule has 1 rings (SSSR count). The second kappa shape index (κ2) is 5.72. The molecular weight excluding hydrogens is 216 g/mol. The van der Waals surface area contributed by atoms with Gasteiger partial charge in [0.1, 0.15) is 5.82 Å². The van der Waals surface area contributed by atoms with Crippen molar-refractivity contribution in [1.29, 1.82) is 0 Å². The lowest BCUT2D eigenvalue weighted by Gasteiger charge is -2.05. The van der Waals surface area contributed by atoms with Gasteiger partial charge in [-0.1, -0.05) is 17.3 Å². The number of hydrogen-bond acceptors (Lipinski definition) is 2. The molecule has 0 N–H and O–H groups in total. The molecule has 0 spiro atoms. The minimum Gasteiger partial charge on any atom is -0.493 e. The fourth-order valence-corrected chi connectivity index (χ4v) is 1.18. The average molecular weight is 225 g/mol. The van der Waals surface area contributed by atoms with Crippen LogP contribution in [0, 0.1) is 11.6 Å². The SMILES string of the molecule is COc1c(F)cc(F)cc1C=CCN=[N+]=[N-].